The van der Waals surface area contributed by atoms with Gasteiger partial charge in [0.25, 0.3) is 0 Å². The molecule has 214 valence electrons. The first kappa shape index (κ1) is 29.6. The third-order valence-electron chi connectivity index (χ3n) is 6.28. The predicted octanol–water partition coefficient (Wildman–Crippen LogP) is 7.10. The number of fused-ring (bicyclic) bond motifs is 1. The second-order valence-corrected chi connectivity index (χ2v) is 13.4. The summed E-state index contributed by atoms with van der Waals surface area (Å²) in [6, 6.07) is 16.5. The van der Waals surface area contributed by atoms with Gasteiger partial charge in [0.15, 0.2) is 25.4 Å². The van der Waals surface area contributed by atoms with E-state index in [1.165, 1.54) is 43.3 Å². The molecule has 11 nitrogen and oxygen atoms in total. The highest BCUT2D eigenvalue weighted by Crippen LogP contribution is 2.43. The van der Waals surface area contributed by atoms with Crippen LogP contribution in [0.3, 0.4) is 0 Å². The number of nitrogens with zero attached hydrogens (tertiary/aromatic N) is 4. The molecule has 0 unspecified atom stereocenters. The van der Waals surface area contributed by atoms with Crippen LogP contribution in [0.25, 0.3) is 10.8 Å². The first-order valence-electron chi connectivity index (χ1n) is 12.7. The second kappa shape index (κ2) is 12.0. The normalized spacial score (nSPS) is 12.5. The molecule has 0 fully saturated rings. The first-order valence-corrected chi connectivity index (χ1v) is 16.1. The van der Waals surface area contributed by atoms with Crippen molar-refractivity contribution in [2.24, 2.45) is 20.5 Å². The molecule has 0 aliphatic rings. The molecule has 0 saturated heterocycles. The van der Waals surface area contributed by atoms with Crippen LogP contribution in [0, 0.1) is 0 Å². The van der Waals surface area contributed by atoms with Gasteiger partial charge in [-0.1, -0.05) is 13.8 Å². The quantitative estimate of drug-likeness (QED) is 0.164. The van der Waals surface area contributed by atoms with E-state index >= 15 is 0 Å². The number of nitrogens with one attached hydrogen (secondary N) is 1. The van der Waals surface area contributed by atoms with Gasteiger partial charge in [0.1, 0.15) is 22.8 Å². The molecular formula is C28H29N5O6S2. The van der Waals surface area contributed by atoms with Gasteiger partial charge in [-0.25, -0.2) is 16.8 Å². The molecule has 4 rings (SSSR count). The number of hydrogen-bond acceptors (Lipinski definition) is 11. The van der Waals surface area contributed by atoms with E-state index in [1.807, 2.05) is 6.92 Å². The lowest BCUT2D eigenvalue weighted by Crippen LogP contribution is -2.02. The van der Waals surface area contributed by atoms with Crippen molar-refractivity contribution in [3.05, 3.63) is 66.7 Å². The fourth-order valence-electron chi connectivity index (χ4n) is 3.93. The van der Waals surface area contributed by atoms with Gasteiger partial charge in [-0.3, -0.25) is 0 Å². The minimum absolute atomic E-state index is 0.00192. The van der Waals surface area contributed by atoms with Crippen LogP contribution in [0.2, 0.25) is 0 Å². The van der Waals surface area contributed by atoms with Gasteiger partial charge in [0.2, 0.25) is 0 Å². The minimum atomic E-state index is -3.52. The number of phenols is 2. The van der Waals surface area contributed by atoms with E-state index in [-0.39, 0.29) is 44.2 Å². The van der Waals surface area contributed by atoms with Crippen molar-refractivity contribution in [1.82, 2.24) is 0 Å². The molecule has 0 aromatic heterocycles. The van der Waals surface area contributed by atoms with Gasteiger partial charge < -0.3 is 15.5 Å². The van der Waals surface area contributed by atoms with E-state index in [0.29, 0.717) is 34.4 Å². The van der Waals surface area contributed by atoms with Gasteiger partial charge in [-0.2, -0.15) is 5.11 Å². The zero-order chi connectivity index (χ0) is 29.8. The molecule has 0 atom stereocenters. The molecule has 4 aromatic carbocycles. The number of anilines is 1. The van der Waals surface area contributed by atoms with Crippen molar-refractivity contribution in [3.8, 4) is 11.5 Å². The van der Waals surface area contributed by atoms with E-state index in [1.54, 1.807) is 37.3 Å². The zero-order valence-electron chi connectivity index (χ0n) is 22.6. The summed E-state index contributed by atoms with van der Waals surface area (Å²) in [6.07, 6.45) is 0. The Morgan fingerprint density at radius 1 is 0.659 bits per heavy atom. The lowest BCUT2D eigenvalue weighted by Gasteiger charge is -2.11. The molecule has 0 aliphatic carbocycles. The Bertz CT molecular complexity index is 1870. The number of rotatable bonds is 10. The van der Waals surface area contributed by atoms with E-state index < -0.39 is 19.7 Å². The third kappa shape index (κ3) is 6.36. The fraction of sp³-hybridized carbons (Fsp3) is 0.214. The maximum atomic E-state index is 12.2. The average molecular weight is 596 g/mol. The summed E-state index contributed by atoms with van der Waals surface area (Å²) in [5, 5.41) is 42.1. The van der Waals surface area contributed by atoms with Crippen LogP contribution in [0.1, 0.15) is 20.8 Å². The first-order chi connectivity index (χ1) is 19.5. The number of aromatic hydroxyl groups is 2. The Kier molecular flexibility index (Phi) is 8.69. The lowest BCUT2D eigenvalue weighted by atomic mass is 10.1. The maximum absolute atomic E-state index is 12.2. The third-order valence-corrected chi connectivity index (χ3v) is 9.77. The monoisotopic (exact) mass is 595 g/mol. The standard InChI is InChI=1S/C28H29N5O6S2/c1-4-29-23-14-13-22-21(27(23)33-30-18-7-9-19(10-8-18)40(36,37)5-2)12-15-24(28(22)35)31-32-25-17-20(11-16-26(25)34)41(38,39)6-3/h7-17,29,34-35H,4-6H2,1-3H3/b32-31+,33-30+. The van der Waals surface area contributed by atoms with Crippen LogP contribution in [-0.4, -0.2) is 45.1 Å². The molecule has 3 N–H and O–H groups in total. The van der Waals surface area contributed by atoms with E-state index in [0.717, 1.165) is 0 Å². The summed E-state index contributed by atoms with van der Waals surface area (Å²) < 4.78 is 48.6. The van der Waals surface area contributed by atoms with Crippen molar-refractivity contribution >= 4 is 58.9 Å². The van der Waals surface area contributed by atoms with Crippen molar-refractivity contribution < 1.29 is 27.0 Å². The topological polar surface area (TPSA) is 170 Å². The van der Waals surface area contributed by atoms with Gasteiger partial charge in [0.05, 0.1) is 32.7 Å². The Hall–Kier alpha value is -4.36. The minimum Gasteiger partial charge on any atom is -0.506 e. The van der Waals surface area contributed by atoms with Gasteiger partial charge in [0, 0.05) is 17.3 Å². The van der Waals surface area contributed by atoms with Crippen LogP contribution in [0.15, 0.2) is 97.0 Å². The van der Waals surface area contributed by atoms with Crippen LogP contribution >= 0.6 is 0 Å². The smallest absolute Gasteiger partial charge is 0.178 e. The highest BCUT2D eigenvalue weighted by atomic mass is 32.2. The molecule has 13 heteroatoms. The van der Waals surface area contributed by atoms with E-state index in [9.17, 15) is 27.0 Å². The average Bonchev–Trinajstić information content (AvgIpc) is 2.97. The summed E-state index contributed by atoms with van der Waals surface area (Å²) in [6.45, 7) is 5.62. The highest BCUT2D eigenvalue weighted by molar-refractivity contribution is 7.91. The molecule has 0 amide bonds. The molecule has 0 spiro atoms. The number of phenolic OH excluding ortho intramolecular Hbond substituents is 2. The van der Waals surface area contributed by atoms with Crippen LogP contribution in [-0.2, 0) is 19.7 Å². The van der Waals surface area contributed by atoms with Crippen LogP contribution in [0.4, 0.5) is 28.4 Å². The summed E-state index contributed by atoms with van der Waals surface area (Å²) in [5.74, 6) is -0.575. The number of hydrogen-bond donors (Lipinski definition) is 3. The molecular weight excluding hydrogens is 566 g/mol. The molecule has 0 radical (unpaired) electrons. The molecule has 0 bridgehead atoms. The zero-order valence-corrected chi connectivity index (χ0v) is 24.2. The molecule has 4 aromatic rings. The highest BCUT2D eigenvalue weighted by Gasteiger charge is 2.16. The van der Waals surface area contributed by atoms with Gasteiger partial charge in [-0.15, -0.1) is 15.3 Å². The second-order valence-electron chi connectivity index (χ2n) is 8.87. The van der Waals surface area contributed by atoms with Crippen molar-refractivity contribution in [1.29, 1.82) is 0 Å². The lowest BCUT2D eigenvalue weighted by molar-refractivity contribution is 0.475. The number of benzene rings is 4. The largest absolute Gasteiger partial charge is 0.506 e. The van der Waals surface area contributed by atoms with Crippen molar-refractivity contribution in [3.63, 3.8) is 0 Å². The molecule has 0 aliphatic heterocycles. The summed E-state index contributed by atoms with van der Waals surface area (Å²) in [7, 11) is -6.86. The Morgan fingerprint density at radius 2 is 1.27 bits per heavy atom. The van der Waals surface area contributed by atoms with Gasteiger partial charge >= 0.3 is 0 Å². The summed E-state index contributed by atoms with van der Waals surface area (Å²) >= 11 is 0. The number of sulfone groups is 2. The number of azo groups is 2. The Balaban J connectivity index is 1.73. The molecule has 41 heavy (non-hydrogen) atoms. The van der Waals surface area contributed by atoms with Crippen molar-refractivity contribution in [2.45, 2.75) is 30.6 Å². The summed E-state index contributed by atoms with van der Waals surface area (Å²) in [4.78, 5) is 0.207. The molecule has 0 saturated carbocycles. The van der Waals surface area contributed by atoms with E-state index in [4.69, 9.17) is 0 Å². The Labute approximate surface area is 238 Å². The predicted molar refractivity (Wildman–Crippen MR) is 158 cm³/mol. The van der Waals surface area contributed by atoms with E-state index in [2.05, 4.69) is 25.8 Å². The summed E-state index contributed by atoms with van der Waals surface area (Å²) in [5.41, 5.74) is 1.59. The molecule has 0 heterocycles. The van der Waals surface area contributed by atoms with Crippen molar-refractivity contribution in [2.75, 3.05) is 23.4 Å². The fourth-order valence-corrected chi connectivity index (χ4v) is 5.71. The maximum Gasteiger partial charge on any atom is 0.178 e. The van der Waals surface area contributed by atoms with Crippen LogP contribution < -0.4 is 5.32 Å². The Morgan fingerprint density at radius 3 is 1.93 bits per heavy atom. The van der Waals surface area contributed by atoms with Crippen LogP contribution in [0.5, 0.6) is 11.5 Å². The van der Waals surface area contributed by atoms with Gasteiger partial charge in [-0.05, 0) is 73.7 Å². The SMILES string of the molecule is CCNc1ccc2c(O)c(/N=N/c3cc(S(=O)(=O)CC)ccc3O)ccc2c1/N=N/c1ccc(S(=O)(=O)CC)cc1.